The summed E-state index contributed by atoms with van der Waals surface area (Å²) in [5.74, 6) is 2.16. The SMILES string of the molecule is CCNc1ncnc(NCCC(C)SC)c1OC. The molecule has 0 saturated carbocycles. The van der Waals surface area contributed by atoms with E-state index < -0.39 is 0 Å². The van der Waals surface area contributed by atoms with Crippen LogP contribution in [-0.2, 0) is 0 Å². The first-order valence-electron chi connectivity index (χ1n) is 6.12. The van der Waals surface area contributed by atoms with Gasteiger partial charge in [0.25, 0.3) is 0 Å². The average molecular weight is 270 g/mol. The lowest BCUT2D eigenvalue weighted by Crippen LogP contribution is -2.11. The number of thioether (sulfide) groups is 1. The molecule has 0 aliphatic rings. The maximum absolute atomic E-state index is 5.36. The van der Waals surface area contributed by atoms with Crippen molar-refractivity contribution in [1.82, 2.24) is 9.97 Å². The smallest absolute Gasteiger partial charge is 0.204 e. The molecule has 5 nitrogen and oxygen atoms in total. The van der Waals surface area contributed by atoms with Crippen LogP contribution >= 0.6 is 11.8 Å². The Hall–Kier alpha value is -1.17. The Morgan fingerprint density at radius 2 is 2.00 bits per heavy atom. The Balaban J connectivity index is 2.66. The van der Waals surface area contributed by atoms with Gasteiger partial charge < -0.3 is 15.4 Å². The maximum Gasteiger partial charge on any atom is 0.204 e. The second kappa shape index (κ2) is 8.02. The summed E-state index contributed by atoms with van der Waals surface area (Å²) in [6.07, 6.45) is 4.75. The third-order valence-electron chi connectivity index (χ3n) is 2.60. The van der Waals surface area contributed by atoms with Crippen molar-refractivity contribution in [3.8, 4) is 5.75 Å². The van der Waals surface area contributed by atoms with Crippen LogP contribution in [0.5, 0.6) is 5.75 Å². The van der Waals surface area contributed by atoms with Gasteiger partial charge >= 0.3 is 0 Å². The van der Waals surface area contributed by atoms with Crippen molar-refractivity contribution in [2.45, 2.75) is 25.5 Å². The first-order valence-corrected chi connectivity index (χ1v) is 7.41. The third-order valence-corrected chi connectivity index (χ3v) is 3.64. The molecular weight excluding hydrogens is 248 g/mol. The lowest BCUT2D eigenvalue weighted by atomic mass is 10.3. The lowest BCUT2D eigenvalue weighted by Gasteiger charge is -2.14. The Labute approximate surface area is 113 Å². The van der Waals surface area contributed by atoms with Crippen LogP contribution in [0.3, 0.4) is 0 Å². The van der Waals surface area contributed by atoms with Gasteiger partial charge in [0, 0.05) is 18.3 Å². The number of hydrogen-bond acceptors (Lipinski definition) is 6. The van der Waals surface area contributed by atoms with E-state index in [9.17, 15) is 0 Å². The van der Waals surface area contributed by atoms with E-state index in [-0.39, 0.29) is 0 Å². The van der Waals surface area contributed by atoms with Crippen LogP contribution in [0.4, 0.5) is 11.6 Å². The van der Waals surface area contributed by atoms with Gasteiger partial charge in [-0.15, -0.1) is 0 Å². The highest BCUT2D eigenvalue weighted by Gasteiger charge is 2.11. The van der Waals surface area contributed by atoms with Gasteiger partial charge in [-0.1, -0.05) is 6.92 Å². The van der Waals surface area contributed by atoms with Crippen LogP contribution < -0.4 is 15.4 Å². The normalized spacial score (nSPS) is 12.0. The molecule has 0 aliphatic carbocycles. The molecule has 0 bridgehead atoms. The number of nitrogens with one attached hydrogen (secondary N) is 2. The molecule has 1 aromatic rings. The van der Waals surface area contributed by atoms with Gasteiger partial charge in [0.05, 0.1) is 7.11 Å². The third kappa shape index (κ3) is 4.25. The van der Waals surface area contributed by atoms with Crippen molar-refractivity contribution >= 4 is 23.4 Å². The van der Waals surface area contributed by atoms with Crippen LogP contribution in [0, 0.1) is 0 Å². The quantitative estimate of drug-likeness (QED) is 0.757. The van der Waals surface area contributed by atoms with Crippen molar-refractivity contribution < 1.29 is 4.74 Å². The van der Waals surface area contributed by atoms with E-state index in [0.717, 1.165) is 31.1 Å². The number of hydrogen-bond donors (Lipinski definition) is 2. The van der Waals surface area contributed by atoms with E-state index in [4.69, 9.17) is 4.74 Å². The minimum absolute atomic E-state index is 0.638. The number of rotatable bonds is 8. The average Bonchev–Trinajstić information content (AvgIpc) is 2.39. The van der Waals surface area contributed by atoms with Gasteiger partial charge in [-0.05, 0) is 19.6 Å². The first kappa shape index (κ1) is 14.9. The minimum Gasteiger partial charge on any atom is -0.490 e. The van der Waals surface area contributed by atoms with Crippen LogP contribution in [0.15, 0.2) is 6.33 Å². The van der Waals surface area contributed by atoms with Crippen molar-refractivity contribution in [2.75, 3.05) is 37.1 Å². The first-order chi connectivity index (χ1) is 8.72. The van der Waals surface area contributed by atoms with Crippen LogP contribution in [-0.4, -0.2) is 41.7 Å². The van der Waals surface area contributed by atoms with E-state index in [1.165, 1.54) is 0 Å². The predicted octanol–water partition coefficient (Wildman–Crippen LogP) is 2.47. The molecule has 0 aliphatic heterocycles. The topological polar surface area (TPSA) is 59.1 Å². The molecule has 0 saturated heterocycles. The molecule has 2 N–H and O–H groups in total. The molecule has 1 unspecified atom stereocenters. The standard InChI is InChI=1S/C12H22N4OS/c1-5-13-11-10(17-3)12(16-8-15-11)14-7-6-9(2)18-4/h8-9H,5-7H2,1-4H3,(H2,13,14,15,16). The van der Waals surface area contributed by atoms with E-state index in [1.54, 1.807) is 13.4 Å². The lowest BCUT2D eigenvalue weighted by molar-refractivity contribution is 0.414. The highest BCUT2D eigenvalue weighted by Crippen LogP contribution is 2.28. The summed E-state index contributed by atoms with van der Waals surface area (Å²) < 4.78 is 5.36. The summed E-state index contributed by atoms with van der Waals surface area (Å²) >= 11 is 1.86. The fraction of sp³-hybridized carbons (Fsp3) is 0.667. The van der Waals surface area contributed by atoms with Crippen LogP contribution in [0.2, 0.25) is 0 Å². The highest BCUT2D eigenvalue weighted by molar-refractivity contribution is 7.99. The molecule has 18 heavy (non-hydrogen) atoms. The summed E-state index contributed by atoms with van der Waals surface area (Å²) in [5.41, 5.74) is 0. The zero-order valence-electron chi connectivity index (χ0n) is 11.5. The summed E-state index contributed by atoms with van der Waals surface area (Å²) in [6, 6.07) is 0. The van der Waals surface area contributed by atoms with Crippen molar-refractivity contribution in [3.63, 3.8) is 0 Å². The zero-order chi connectivity index (χ0) is 13.4. The molecule has 1 heterocycles. The van der Waals surface area contributed by atoms with Gasteiger partial charge in [0.1, 0.15) is 6.33 Å². The number of aromatic nitrogens is 2. The summed E-state index contributed by atoms with van der Waals surface area (Å²) in [6.45, 7) is 5.92. The number of methoxy groups -OCH3 is 1. The zero-order valence-corrected chi connectivity index (χ0v) is 12.3. The van der Waals surface area contributed by atoms with Crippen LogP contribution in [0.1, 0.15) is 20.3 Å². The largest absolute Gasteiger partial charge is 0.490 e. The molecule has 0 radical (unpaired) electrons. The predicted molar refractivity (Wildman–Crippen MR) is 78.8 cm³/mol. The van der Waals surface area contributed by atoms with Gasteiger partial charge in [-0.25, -0.2) is 9.97 Å². The van der Waals surface area contributed by atoms with Gasteiger partial charge in [0.15, 0.2) is 11.6 Å². The molecule has 1 aromatic heterocycles. The van der Waals surface area contributed by atoms with Crippen molar-refractivity contribution in [2.24, 2.45) is 0 Å². The molecule has 6 heteroatoms. The molecular formula is C12H22N4OS. The Morgan fingerprint density at radius 3 is 2.56 bits per heavy atom. The molecule has 1 rings (SSSR count). The monoisotopic (exact) mass is 270 g/mol. The van der Waals surface area contributed by atoms with Gasteiger partial charge in [-0.3, -0.25) is 0 Å². The molecule has 0 aromatic carbocycles. The second-order valence-corrected chi connectivity index (χ2v) is 5.17. The Morgan fingerprint density at radius 1 is 1.33 bits per heavy atom. The maximum atomic E-state index is 5.36. The number of ether oxygens (including phenoxy) is 1. The summed E-state index contributed by atoms with van der Waals surface area (Å²) in [4.78, 5) is 8.39. The molecule has 102 valence electrons. The highest BCUT2D eigenvalue weighted by atomic mass is 32.2. The summed E-state index contributed by atoms with van der Waals surface area (Å²) in [7, 11) is 1.63. The summed E-state index contributed by atoms with van der Waals surface area (Å²) in [5, 5.41) is 7.09. The van der Waals surface area contributed by atoms with Crippen molar-refractivity contribution in [3.05, 3.63) is 6.33 Å². The minimum atomic E-state index is 0.638. The van der Waals surface area contributed by atoms with E-state index in [1.807, 2.05) is 18.7 Å². The molecule has 0 fully saturated rings. The van der Waals surface area contributed by atoms with Crippen LogP contribution in [0.25, 0.3) is 0 Å². The van der Waals surface area contributed by atoms with E-state index in [0.29, 0.717) is 11.0 Å². The Kier molecular flexibility index (Phi) is 6.64. The molecule has 1 atom stereocenters. The van der Waals surface area contributed by atoms with E-state index >= 15 is 0 Å². The van der Waals surface area contributed by atoms with E-state index in [2.05, 4.69) is 33.8 Å². The Bertz CT molecular complexity index is 362. The van der Waals surface area contributed by atoms with Gasteiger partial charge in [0.2, 0.25) is 5.75 Å². The van der Waals surface area contributed by atoms with Gasteiger partial charge in [-0.2, -0.15) is 11.8 Å². The van der Waals surface area contributed by atoms with Crippen molar-refractivity contribution in [1.29, 1.82) is 0 Å². The fourth-order valence-corrected chi connectivity index (χ4v) is 1.85. The molecule has 0 spiro atoms. The number of anilines is 2. The number of nitrogens with zero attached hydrogens (tertiary/aromatic N) is 2. The molecule has 0 amide bonds. The fourth-order valence-electron chi connectivity index (χ4n) is 1.50. The second-order valence-electron chi connectivity index (χ2n) is 3.90.